The van der Waals surface area contributed by atoms with Crippen LogP contribution in [0.2, 0.25) is 0 Å². The van der Waals surface area contributed by atoms with Crippen LogP contribution in [-0.2, 0) is 11.2 Å². The van der Waals surface area contributed by atoms with Crippen LogP contribution in [0, 0.1) is 5.92 Å². The Morgan fingerprint density at radius 2 is 1.70 bits per heavy atom. The van der Waals surface area contributed by atoms with Gasteiger partial charge >= 0.3 is 12.0 Å². The number of nitrogens with one attached hydrogen (secondary N) is 1. The molecule has 1 heterocycles. The molecule has 33 heavy (non-hydrogen) atoms. The average Bonchev–Trinajstić information content (AvgIpc) is 2.81. The summed E-state index contributed by atoms with van der Waals surface area (Å²) in [7, 11) is 4.76. The van der Waals surface area contributed by atoms with E-state index in [1.54, 1.807) is 26.2 Å². The van der Waals surface area contributed by atoms with E-state index < -0.39 is 24.1 Å². The first-order chi connectivity index (χ1) is 15.8. The van der Waals surface area contributed by atoms with Gasteiger partial charge in [0, 0.05) is 6.54 Å². The zero-order valence-corrected chi connectivity index (χ0v) is 19.8. The van der Waals surface area contributed by atoms with Crippen molar-refractivity contribution in [2.45, 2.75) is 38.8 Å². The molecular formula is C25H32N2O6. The van der Waals surface area contributed by atoms with Crippen molar-refractivity contribution in [3.8, 4) is 17.2 Å². The van der Waals surface area contributed by atoms with Gasteiger partial charge in [-0.05, 0) is 59.7 Å². The lowest BCUT2D eigenvalue weighted by molar-refractivity contribution is -0.139. The maximum Gasteiger partial charge on any atom is 0.326 e. The third-order valence-corrected chi connectivity index (χ3v) is 5.87. The van der Waals surface area contributed by atoms with E-state index in [-0.39, 0.29) is 5.92 Å². The minimum atomic E-state index is -1.04. The van der Waals surface area contributed by atoms with E-state index >= 15 is 0 Å². The number of ether oxygens (including phenoxy) is 3. The normalized spacial score (nSPS) is 16.1. The Morgan fingerprint density at radius 3 is 2.24 bits per heavy atom. The monoisotopic (exact) mass is 456 g/mol. The second-order valence-corrected chi connectivity index (χ2v) is 8.49. The lowest BCUT2D eigenvalue weighted by Gasteiger charge is -2.38. The van der Waals surface area contributed by atoms with Crippen LogP contribution < -0.4 is 19.5 Å². The standard InChI is InChI=1S/C25H32N2O6/c1-15(2)12-20(24(28)29)26-25(30)27-11-10-17-13-21(32-4)22(33-5)14-19(17)23(27)16-6-8-18(31-3)9-7-16/h6-9,13-15,20,23H,10-12H2,1-5H3,(H,26,30)(H,28,29)/t20-,23?/m1/s1. The summed E-state index contributed by atoms with van der Waals surface area (Å²) in [4.78, 5) is 26.8. The van der Waals surface area contributed by atoms with E-state index in [2.05, 4.69) is 5.32 Å². The molecule has 1 unspecified atom stereocenters. The van der Waals surface area contributed by atoms with Crippen molar-refractivity contribution >= 4 is 12.0 Å². The molecule has 0 radical (unpaired) electrons. The number of methoxy groups -OCH3 is 3. The molecule has 1 aliphatic rings. The molecule has 178 valence electrons. The molecule has 2 N–H and O–H groups in total. The quantitative estimate of drug-likeness (QED) is 0.626. The van der Waals surface area contributed by atoms with Crippen LogP contribution in [0.3, 0.4) is 0 Å². The van der Waals surface area contributed by atoms with E-state index in [4.69, 9.17) is 14.2 Å². The number of urea groups is 1. The first kappa shape index (κ1) is 24.2. The van der Waals surface area contributed by atoms with Gasteiger partial charge in [0.1, 0.15) is 11.8 Å². The molecule has 0 fully saturated rings. The van der Waals surface area contributed by atoms with Crippen molar-refractivity contribution < 1.29 is 28.9 Å². The van der Waals surface area contributed by atoms with Crippen LogP contribution in [0.5, 0.6) is 17.2 Å². The van der Waals surface area contributed by atoms with Gasteiger partial charge in [-0.15, -0.1) is 0 Å². The minimum absolute atomic E-state index is 0.127. The Morgan fingerprint density at radius 1 is 1.06 bits per heavy atom. The van der Waals surface area contributed by atoms with Crippen molar-refractivity contribution in [3.05, 3.63) is 53.1 Å². The van der Waals surface area contributed by atoms with Crippen molar-refractivity contribution in [2.75, 3.05) is 27.9 Å². The molecule has 1 aliphatic heterocycles. The van der Waals surface area contributed by atoms with Crippen molar-refractivity contribution in [3.63, 3.8) is 0 Å². The van der Waals surface area contributed by atoms with Crippen LogP contribution in [0.1, 0.15) is 43.0 Å². The summed E-state index contributed by atoms with van der Waals surface area (Å²) in [5.74, 6) is 0.996. The number of aliphatic carboxylic acids is 1. The van der Waals surface area contributed by atoms with Gasteiger partial charge in [0.25, 0.3) is 0 Å². The number of rotatable bonds is 8. The van der Waals surface area contributed by atoms with Gasteiger partial charge in [-0.1, -0.05) is 26.0 Å². The van der Waals surface area contributed by atoms with Gasteiger partial charge in [-0.3, -0.25) is 0 Å². The van der Waals surface area contributed by atoms with Crippen molar-refractivity contribution in [2.24, 2.45) is 5.92 Å². The highest BCUT2D eigenvalue weighted by Gasteiger charge is 2.35. The molecule has 0 aromatic heterocycles. The number of benzene rings is 2. The maximum atomic E-state index is 13.4. The number of carboxylic acids is 1. The SMILES string of the molecule is COc1ccc(C2c3cc(OC)c(OC)cc3CCN2C(=O)N[C@H](CC(C)C)C(=O)O)cc1. The van der Waals surface area contributed by atoms with E-state index in [0.717, 1.165) is 16.7 Å². The third kappa shape index (κ3) is 5.32. The highest BCUT2D eigenvalue weighted by Crippen LogP contribution is 2.41. The summed E-state index contributed by atoms with van der Waals surface area (Å²) < 4.78 is 16.3. The van der Waals surface area contributed by atoms with Crippen molar-refractivity contribution in [1.29, 1.82) is 0 Å². The molecule has 0 bridgehead atoms. The molecule has 2 atom stereocenters. The fraction of sp³-hybridized carbons (Fsp3) is 0.440. The predicted molar refractivity (Wildman–Crippen MR) is 124 cm³/mol. The largest absolute Gasteiger partial charge is 0.497 e. The molecule has 8 heteroatoms. The summed E-state index contributed by atoms with van der Waals surface area (Å²) >= 11 is 0. The van der Waals surface area contributed by atoms with Gasteiger partial charge < -0.3 is 29.5 Å². The third-order valence-electron chi connectivity index (χ3n) is 5.87. The number of carbonyl (C=O) groups excluding carboxylic acids is 1. The molecule has 8 nitrogen and oxygen atoms in total. The first-order valence-electron chi connectivity index (χ1n) is 11.0. The number of hydrogen-bond acceptors (Lipinski definition) is 5. The Balaban J connectivity index is 2.04. The van der Waals surface area contributed by atoms with Gasteiger partial charge in [0.2, 0.25) is 0 Å². The fourth-order valence-electron chi connectivity index (χ4n) is 4.24. The molecule has 0 aliphatic carbocycles. The zero-order chi connectivity index (χ0) is 24.1. The van der Waals surface area contributed by atoms with Gasteiger partial charge in [-0.2, -0.15) is 0 Å². The van der Waals surface area contributed by atoms with Gasteiger partial charge in [0.05, 0.1) is 27.4 Å². The highest BCUT2D eigenvalue weighted by molar-refractivity contribution is 5.83. The van der Waals surface area contributed by atoms with E-state index in [0.29, 0.717) is 36.6 Å². The number of nitrogens with zero attached hydrogens (tertiary/aromatic N) is 1. The van der Waals surface area contributed by atoms with E-state index in [1.807, 2.05) is 50.2 Å². The van der Waals surface area contributed by atoms with E-state index in [1.165, 1.54) is 0 Å². The highest BCUT2D eigenvalue weighted by atomic mass is 16.5. The first-order valence-corrected chi connectivity index (χ1v) is 11.0. The lowest BCUT2D eigenvalue weighted by atomic mass is 9.87. The summed E-state index contributed by atoms with van der Waals surface area (Å²) in [6.07, 6.45) is 0.960. The number of carboxylic acid groups (broad SMARTS) is 1. The zero-order valence-electron chi connectivity index (χ0n) is 19.8. The van der Waals surface area contributed by atoms with Crippen LogP contribution in [-0.4, -0.2) is 55.9 Å². The predicted octanol–water partition coefficient (Wildman–Crippen LogP) is 3.87. The number of carbonyl (C=O) groups is 2. The topological polar surface area (TPSA) is 97.3 Å². The molecule has 2 amide bonds. The molecule has 2 aromatic rings. The lowest BCUT2D eigenvalue weighted by Crippen LogP contribution is -2.51. The molecule has 0 saturated carbocycles. The summed E-state index contributed by atoms with van der Waals surface area (Å²) in [5, 5.41) is 12.3. The van der Waals surface area contributed by atoms with Crippen LogP contribution >= 0.6 is 0 Å². The second-order valence-electron chi connectivity index (χ2n) is 8.49. The smallest absolute Gasteiger partial charge is 0.326 e. The summed E-state index contributed by atoms with van der Waals surface area (Å²) in [6.45, 7) is 4.29. The van der Waals surface area contributed by atoms with Crippen LogP contribution in [0.15, 0.2) is 36.4 Å². The second kappa shape index (κ2) is 10.5. The number of amides is 2. The van der Waals surface area contributed by atoms with Crippen molar-refractivity contribution in [1.82, 2.24) is 10.2 Å². The van der Waals surface area contributed by atoms with E-state index in [9.17, 15) is 14.7 Å². The minimum Gasteiger partial charge on any atom is -0.497 e. The molecule has 0 saturated heterocycles. The Hall–Kier alpha value is -3.42. The Labute approximate surface area is 194 Å². The van der Waals surface area contributed by atoms with Crippen LogP contribution in [0.4, 0.5) is 4.79 Å². The number of hydrogen-bond donors (Lipinski definition) is 2. The van der Waals surface area contributed by atoms with Gasteiger partial charge in [-0.25, -0.2) is 9.59 Å². The molecular weight excluding hydrogens is 424 g/mol. The molecule has 2 aromatic carbocycles. The Kier molecular flexibility index (Phi) is 7.68. The fourth-order valence-corrected chi connectivity index (χ4v) is 4.24. The summed E-state index contributed by atoms with van der Waals surface area (Å²) in [5.41, 5.74) is 2.85. The van der Waals surface area contributed by atoms with Gasteiger partial charge in [0.15, 0.2) is 11.5 Å². The summed E-state index contributed by atoms with van der Waals surface area (Å²) in [6, 6.07) is 9.57. The average molecular weight is 457 g/mol. The maximum absolute atomic E-state index is 13.4. The van der Waals surface area contributed by atoms with Crippen LogP contribution in [0.25, 0.3) is 0 Å². The Bertz CT molecular complexity index is 989. The number of fused-ring (bicyclic) bond motifs is 1. The molecule has 3 rings (SSSR count). The molecule has 0 spiro atoms.